The molecule has 2 atom stereocenters. The maximum atomic E-state index is 10.4. The molecular weight excluding hydrogens is 330 g/mol. The zero-order chi connectivity index (χ0) is 19.0. The molecule has 0 radical (unpaired) electrons. The third-order valence-electron chi connectivity index (χ3n) is 5.53. The molecule has 2 N–H and O–H groups in total. The van der Waals surface area contributed by atoms with Gasteiger partial charge in [-0.05, 0) is 25.7 Å². The minimum atomic E-state index is -0.671. The number of aliphatic carboxylic acids is 1. The third-order valence-corrected chi connectivity index (χ3v) is 5.53. The van der Waals surface area contributed by atoms with Crippen LogP contribution in [0.1, 0.15) is 96.3 Å². The first-order valence-electron chi connectivity index (χ1n) is 10.8. The zero-order valence-electron chi connectivity index (χ0n) is 16.8. The number of nitrogens with zero attached hydrogens (tertiary/aromatic N) is 1. The van der Waals surface area contributed by atoms with Crippen LogP contribution >= 0.6 is 0 Å². The molecule has 0 aromatic heterocycles. The van der Waals surface area contributed by atoms with Crippen LogP contribution < -0.4 is 0 Å². The lowest BCUT2D eigenvalue weighted by Crippen LogP contribution is -2.34. The van der Waals surface area contributed by atoms with Gasteiger partial charge in [0.25, 0.3) is 0 Å². The minimum Gasteiger partial charge on any atom is -0.481 e. The molecule has 0 aromatic carbocycles. The number of aliphatic hydroxyl groups is 1. The smallest absolute Gasteiger partial charge is 0.303 e. The average Bonchev–Trinajstić information content (AvgIpc) is 3.11. The highest BCUT2D eigenvalue weighted by molar-refractivity contribution is 5.66. The van der Waals surface area contributed by atoms with Gasteiger partial charge in [0.05, 0.1) is 6.10 Å². The number of rotatable bonds is 17. The van der Waals surface area contributed by atoms with Crippen LogP contribution in [-0.2, 0) is 9.53 Å². The van der Waals surface area contributed by atoms with Crippen LogP contribution in [0.15, 0.2) is 0 Å². The maximum absolute atomic E-state index is 10.4. The predicted molar refractivity (Wildman–Crippen MR) is 105 cm³/mol. The fraction of sp³-hybridized carbons (Fsp3) is 0.952. The van der Waals surface area contributed by atoms with E-state index in [1.807, 2.05) is 0 Å². The van der Waals surface area contributed by atoms with E-state index >= 15 is 0 Å². The number of ether oxygens (including phenoxy) is 1. The lowest BCUT2D eigenvalue weighted by Gasteiger charge is -2.22. The lowest BCUT2D eigenvalue weighted by molar-refractivity contribution is -0.137. The molecule has 1 aliphatic rings. The van der Waals surface area contributed by atoms with Gasteiger partial charge in [0, 0.05) is 26.6 Å². The summed E-state index contributed by atoms with van der Waals surface area (Å²) >= 11 is 0. The second kappa shape index (κ2) is 15.4. The van der Waals surface area contributed by atoms with Crippen LogP contribution in [0.5, 0.6) is 0 Å². The van der Waals surface area contributed by atoms with Gasteiger partial charge in [0.15, 0.2) is 0 Å². The normalized spacial score (nSPS) is 19.1. The molecule has 0 aliphatic carbocycles. The number of methoxy groups -OCH3 is 1. The molecule has 0 amide bonds. The fourth-order valence-corrected chi connectivity index (χ4v) is 3.77. The number of hydrogen-bond acceptors (Lipinski definition) is 4. The molecule has 5 nitrogen and oxygen atoms in total. The Morgan fingerprint density at radius 1 is 0.962 bits per heavy atom. The summed E-state index contributed by atoms with van der Waals surface area (Å²) in [6.07, 6.45) is 16.8. The summed E-state index contributed by atoms with van der Waals surface area (Å²) in [5.74, 6) is -0.671. The summed E-state index contributed by atoms with van der Waals surface area (Å²) in [5, 5.41) is 18.8. The Hall–Kier alpha value is -0.650. The van der Waals surface area contributed by atoms with Gasteiger partial charge >= 0.3 is 5.97 Å². The van der Waals surface area contributed by atoms with Crippen molar-refractivity contribution < 1.29 is 19.7 Å². The lowest BCUT2D eigenvalue weighted by atomic mass is 10.0. The number of carboxylic acid groups (broad SMARTS) is 1. The Morgan fingerprint density at radius 3 is 1.92 bits per heavy atom. The third kappa shape index (κ3) is 11.9. The van der Waals surface area contributed by atoms with Gasteiger partial charge in [-0.3, -0.25) is 9.69 Å². The first-order chi connectivity index (χ1) is 12.6. The van der Waals surface area contributed by atoms with Gasteiger partial charge in [0.2, 0.25) is 0 Å². The predicted octanol–water partition coefficient (Wildman–Crippen LogP) is 4.57. The van der Waals surface area contributed by atoms with Crippen molar-refractivity contribution >= 4 is 5.97 Å². The van der Waals surface area contributed by atoms with E-state index in [2.05, 4.69) is 4.90 Å². The average molecular weight is 372 g/mol. The number of carboxylic acids is 1. The van der Waals surface area contributed by atoms with Gasteiger partial charge < -0.3 is 14.9 Å². The van der Waals surface area contributed by atoms with Crippen LogP contribution in [0.25, 0.3) is 0 Å². The number of carbonyl (C=O) groups is 1. The Kier molecular flexibility index (Phi) is 13.9. The summed E-state index contributed by atoms with van der Waals surface area (Å²) in [6.45, 7) is 1.83. The first kappa shape index (κ1) is 23.4. The van der Waals surface area contributed by atoms with E-state index in [1.54, 1.807) is 7.11 Å². The second-order valence-electron chi connectivity index (χ2n) is 7.80. The van der Waals surface area contributed by atoms with Gasteiger partial charge in [-0.25, -0.2) is 0 Å². The van der Waals surface area contributed by atoms with Crippen LogP contribution in [0.2, 0.25) is 0 Å². The Morgan fingerprint density at radius 2 is 1.46 bits per heavy atom. The minimum absolute atomic E-state index is 0.286. The van der Waals surface area contributed by atoms with E-state index in [0.29, 0.717) is 12.5 Å². The standard InChI is InChI=1S/C21H41NO4/c1-26-19-16-17-22(18-19)20(23)14-12-10-8-6-4-2-3-5-7-9-11-13-15-21(24)25/h19-20,23H,2-18H2,1H3,(H,24,25)/t19-,20?/m0/s1. The zero-order valence-corrected chi connectivity index (χ0v) is 16.8. The van der Waals surface area contributed by atoms with E-state index < -0.39 is 5.97 Å². The molecule has 0 spiro atoms. The van der Waals surface area contributed by atoms with E-state index in [-0.39, 0.29) is 6.23 Å². The molecule has 1 rings (SSSR count). The molecule has 1 unspecified atom stereocenters. The van der Waals surface area contributed by atoms with Crippen molar-refractivity contribution in [1.29, 1.82) is 0 Å². The van der Waals surface area contributed by atoms with Crippen molar-refractivity contribution in [2.24, 2.45) is 0 Å². The molecule has 26 heavy (non-hydrogen) atoms. The van der Waals surface area contributed by atoms with Crippen molar-refractivity contribution in [2.75, 3.05) is 20.2 Å². The maximum Gasteiger partial charge on any atom is 0.303 e. The monoisotopic (exact) mass is 371 g/mol. The highest BCUT2D eigenvalue weighted by atomic mass is 16.5. The van der Waals surface area contributed by atoms with Gasteiger partial charge in [0.1, 0.15) is 6.23 Å². The van der Waals surface area contributed by atoms with Crippen molar-refractivity contribution in [1.82, 2.24) is 4.90 Å². The summed E-state index contributed by atoms with van der Waals surface area (Å²) in [5.41, 5.74) is 0. The quantitative estimate of drug-likeness (QED) is 0.367. The van der Waals surface area contributed by atoms with Crippen molar-refractivity contribution in [3.05, 3.63) is 0 Å². The Bertz CT molecular complexity index is 351. The largest absolute Gasteiger partial charge is 0.481 e. The number of unbranched alkanes of at least 4 members (excludes halogenated alkanes) is 11. The molecule has 0 aromatic rings. The second-order valence-corrected chi connectivity index (χ2v) is 7.80. The van der Waals surface area contributed by atoms with E-state index in [1.165, 1.54) is 57.8 Å². The van der Waals surface area contributed by atoms with Crippen molar-refractivity contribution in [2.45, 2.75) is 109 Å². The number of likely N-dealkylation sites (tertiary alicyclic amines) is 1. The van der Waals surface area contributed by atoms with Crippen molar-refractivity contribution in [3.8, 4) is 0 Å². The highest BCUT2D eigenvalue weighted by Crippen LogP contribution is 2.18. The molecule has 0 saturated carbocycles. The van der Waals surface area contributed by atoms with Crippen LogP contribution in [0.4, 0.5) is 0 Å². The summed E-state index contributed by atoms with van der Waals surface area (Å²) in [6, 6.07) is 0. The molecule has 1 heterocycles. The van der Waals surface area contributed by atoms with E-state index in [4.69, 9.17) is 9.84 Å². The molecule has 5 heteroatoms. The fourth-order valence-electron chi connectivity index (χ4n) is 3.77. The Balaban J connectivity index is 1.77. The molecule has 1 fully saturated rings. The van der Waals surface area contributed by atoms with E-state index in [9.17, 15) is 9.90 Å². The molecule has 1 saturated heterocycles. The summed E-state index contributed by atoms with van der Waals surface area (Å²) < 4.78 is 5.35. The van der Waals surface area contributed by atoms with E-state index in [0.717, 1.165) is 45.2 Å². The molecule has 0 bridgehead atoms. The number of aliphatic hydroxyl groups excluding tert-OH is 1. The summed E-state index contributed by atoms with van der Waals surface area (Å²) in [7, 11) is 1.75. The van der Waals surface area contributed by atoms with Gasteiger partial charge in [-0.1, -0.05) is 64.2 Å². The molecule has 154 valence electrons. The number of hydrogen-bond donors (Lipinski definition) is 2. The Labute approximate surface area is 160 Å². The SMILES string of the molecule is CO[C@H]1CCN(C(O)CCCCCCCCCCCCCCC(=O)O)C1. The van der Waals surface area contributed by atoms with Gasteiger partial charge in [-0.2, -0.15) is 0 Å². The molecule has 1 aliphatic heterocycles. The summed E-state index contributed by atoms with van der Waals surface area (Å²) in [4.78, 5) is 12.5. The highest BCUT2D eigenvalue weighted by Gasteiger charge is 2.26. The topological polar surface area (TPSA) is 70.0 Å². The molecular formula is C21H41NO4. The first-order valence-corrected chi connectivity index (χ1v) is 10.8. The van der Waals surface area contributed by atoms with Crippen molar-refractivity contribution in [3.63, 3.8) is 0 Å². The van der Waals surface area contributed by atoms with Crippen LogP contribution in [-0.4, -0.2) is 53.6 Å². The van der Waals surface area contributed by atoms with Crippen LogP contribution in [0.3, 0.4) is 0 Å². The van der Waals surface area contributed by atoms with Gasteiger partial charge in [-0.15, -0.1) is 0 Å². The van der Waals surface area contributed by atoms with Crippen LogP contribution in [0, 0.1) is 0 Å².